The third-order valence-electron chi connectivity index (χ3n) is 4.41. The van der Waals surface area contributed by atoms with Crippen molar-refractivity contribution in [1.29, 1.82) is 0 Å². The number of aliphatic hydroxyl groups excluding tert-OH is 1. The van der Waals surface area contributed by atoms with E-state index in [4.69, 9.17) is 0 Å². The number of aromatic nitrogens is 3. The molecule has 0 saturated heterocycles. The van der Waals surface area contributed by atoms with Crippen LogP contribution in [-0.2, 0) is 5.41 Å². The van der Waals surface area contributed by atoms with Gasteiger partial charge in [0.2, 0.25) is 0 Å². The molecule has 1 fully saturated rings. The van der Waals surface area contributed by atoms with Crippen molar-refractivity contribution in [2.24, 2.45) is 0 Å². The Kier molecular flexibility index (Phi) is 3.40. The van der Waals surface area contributed by atoms with Gasteiger partial charge in [0.15, 0.2) is 5.82 Å². The molecule has 2 aromatic rings. The standard InChI is InChI=1S/C16H24N4O/c1-15(2,3)13-10-12-14(17-8-9-20(12)19-13)18-16(11-21)6-4-5-7-16/h8-10,21H,4-7,11H2,1-3H3,(H,17,18). The number of rotatable bonds is 3. The van der Waals surface area contributed by atoms with Crippen LogP contribution in [0, 0.1) is 0 Å². The summed E-state index contributed by atoms with van der Waals surface area (Å²) in [4.78, 5) is 4.48. The summed E-state index contributed by atoms with van der Waals surface area (Å²) in [6.07, 6.45) is 7.93. The van der Waals surface area contributed by atoms with E-state index in [-0.39, 0.29) is 17.6 Å². The molecular weight excluding hydrogens is 264 g/mol. The van der Waals surface area contributed by atoms with Crippen molar-refractivity contribution < 1.29 is 5.11 Å². The van der Waals surface area contributed by atoms with Crippen molar-refractivity contribution in [3.8, 4) is 0 Å². The van der Waals surface area contributed by atoms with Crippen LogP contribution in [0.3, 0.4) is 0 Å². The Morgan fingerprint density at radius 2 is 2.05 bits per heavy atom. The van der Waals surface area contributed by atoms with Crippen LogP contribution in [0.4, 0.5) is 5.82 Å². The molecular formula is C16H24N4O. The Bertz CT molecular complexity index is 635. The Morgan fingerprint density at radius 3 is 2.67 bits per heavy atom. The van der Waals surface area contributed by atoms with Crippen LogP contribution < -0.4 is 5.32 Å². The van der Waals surface area contributed by atoms with Crippen molar-refractivity contribution in [1.82, 2.24) is 14.6 Å². The second-order valence-corrected chi connectivity index (χ2v) is 7.16. The zero-order valence-corrected chi connectivity index (χ0v) is 13.1. The molecule has 5 nitrogen and oxygen atoms in total. The first-order valence-corrected chi connectivity index (χ1v) is 7.67. The molecule has 21 heavy (non-hydrogen) atoms. The molecule has 5 heteroatoms. The first kappa shape index (κ1) is 14.3. The Hall–Kier alpha value is -1.62. The fourth-order valence-corrected chi connectivity index (χ4v) is 3.01. The predicted octanol–water partition coefficient (Wildman–Crippen LogP) is 2.74. The molecule has 0 aromatic carbocycles. The SMILES string of the molecule is CC(C)(C)c1cc2c(NC3(CO)CCCC3)nccn2n1. The van der Waals surface area contributed by atoms with Gasteiger partial charge in [0.25, 0.3) is 0 Å². The van der Waals surface area contributed by atoms with E-state index in [0.717, 1.165) is 42.7 Å². The molecule has 114 valence electrons. The van der Waals surface area contributed by atoms with Crippen molar-refractivity contribution >= 4 is 11.3 Å². The molecule has 2 heterocycles. The molecule has 0 unspecified atom stereocenters. The molecule has 0 spiro atoms. The summed E-state index contributed by atoms with van der Waals surface area (Å²) in [5, 5.41) is 17.9. The van der Waals surface area contributed by atoms with Crippen LogP contribution in [0.1, 0.15) is 52.1 Å². The Labute approximate surface area is 125 Å². The number of nitrogens with one attached hydrogen (secondary N) is 1. The highest BCUT2D eigenvalue weighted by atomic mass is 16.3. The van der Waals surface area contributed by atoms with Crippen LogP contribution in [0.2, 0.25) is 0 Å². The molecule has 0 atom stereocenters. The van der Waals surface area contributed by atoms with Crippen LogP contribution in [0.15, 0.2) is 18.5 Å². The van der Waals surface area contributed by atoms with E-state index in [2.05, 4.69) is 42.2 Å². The summed E-state index contributed by atoms with van der Waals surface area (Å²) in [5.41, 5.74) is 1.80. The molecule has 1 saturated carbocycles. The second-order valence-electron chi connectivity index (χ2n) is 7.16. The monoisotopic (exact) mass is 288 g/mol. The molecule has 1 aliphatic rings. The van der Waals surface area contributed by atoms with Gasteiger partial charge in [0, 0.05) is 17.8 Å². The lowest BCUT2D eigenvalue weighted by molar-refractivity contribution is 0.214. The van der Waals surface area contributed by atoms with Gasteiger partial charge >= 0.3 is 0 Å². The van der Waals surface area contributed by atoms with Gasteiger partial charge in [0.05, 0.1) is 17.8 Å². The normalized spacial score (nSPS) is 18.3. The third-order valence-corrected chi connectivity index (χ3v) is 4.41. The fourth-order valence-electron chi connectivity index (χ4n) is 3.01. The van der Waals surface area contributed by atoms with Gasteiger partial charge in [-0.05, 0) is 18.9 Å². The first-order chi connectivity index (χ1) is 9.93. The maximum absolute atomic E-state index is 9.77. The van der Waals surface area contributed by atoms with E-state index in [1.165, 1.54) is 0 Å². The molecule has 0 bridgehead atoms. The zero-order valence-electron chi connectivity index (χ0n) is 13.1. The number of nitrogens with zero attached hydrogens (tertiary/aromatic N) is 3. The van der Waals surface area contributed by atoms with Gasteiger partial charge in [-0.15, -0.1) is 0 Å². The molecule has 1 aliphatic carbocycles. The average Bonchev–Trinajstić information content (AvgIpc) is 3.05. The van der Waals surface area contributed by atoms with E-state index in [9.17, 15) is 5.11 Å². The van der Waals surface area contributed by atoms with Gasteiger partial charge in [-0.1, -0.05) is 33.6 Å². The second kappa shape index (κ2) is 4.98. The Morgan fingerprint density at radius 1 is 1.33 bits per heavy atom. The smallest absolute Gasteiger partial charge is 0.152 e. The minimum absolute atomic E-state index is 0.00527. The van der Waals surface area contributed by atoms with Crippen molar-refractivity contribution in [2.45, 2.75) is 57.4 Å². The molecule has 0 amide bonds. The maximum Gasteiger partial charge on any atom is 0.152 e. The average molecular weight is 288 g/mol. The lowest BCUT2D eigenvalue weighted by Gasteiger charge is -2.28. The minimum Gasteiger partial charge on any atom is -0.394 e. The van der Waals surface area contributed by atoms with Crippen molar-refractivity contribution in [3.05, 3.63) is 24.2 Å². The molecule has 2 N–H and O–H groups in total. The quantitative estimate of drug-likeness (QED) is 0.911. The number of anilines is 1. The van der Waals surface area contributed by atoms with Gasteiger partial charge in [0.1, 0.15) is 5.52 Å². The van der Waals surface area contributed by atoms with Gasteiger partial charge in [-0.3, -0.25) is 0 Å². The van der Waals surface area contributed by atoms with Gasteiger partial charge in [-0.25, -0.2) is 9.50 Å². The first-order valence-electron chi connectivity index (χ1n) is 7.67. The predicted molar refractivity (Wildman–Crippen MR) is 83.6 cm³/mol. The van der Waals surface area contributed by atoms with Gasteiger partial charge in [-0.2, -0.15) is 5.10 Å². The van der Waals surface area contributed by atoms with Crippen molar-refractivity contribution in [3.63, 3.8) is 0 Å². The minimum atomic E-state index is -0.221. The molecule has 0 aliphatic heterocycles. The summed E-state index contributed by atoms with van der Waals surface area (Å²) in [5.74, 6) is 0.816. The summed E-state index contributed by atoms with van der Waals surface area (Å²) >= 11 is 0. The van der Waals surface area contributed by atoms with E-state index >= 15 is 0 Å². The van der Waals surface area contributed by atoms with Crippen molar-refractivity contribution in [2.75, 3.05) is 11.9 Å². The Balaban J connectivity index is 2.00. The zero-order chi connectivity index (χ0) is 15.1. The lowest BCUT2D eigenvalue weighted by Crippen LogP contribution is -2.39. The number of fused-ring (bicyclic) bond motifs is 1. The van der Waals surface area contributed by atoms with Crippen LogP contribution in [0.25, 0.3) is 5.52 Å². The summed E-state index contributed by atoms with van der Waals surface area (Å²) < 4.78 is 1.87. The highest BCUT2D eigenvalue weighted by Gasteiger charge is 2.34. The van der Waals surface area contributed by atoms with Crippen LogP contribution in [-0.4, -0.2) is 31.9 Å². The number of aliphatic hydroxyl groups is 1. The third kappa shape index (κ3) is 2.62. The summed E-state index contributed by atoms with van der Waals surface area (Å²) in [6, 6.07) is 2.09. The van der Waals surface area contributed by atoms with E-state index in [0.29, 0.717) is 0 Å². The number of hydrogen-bond acceptors (Lipinski definition) is 4. The molecule has 0 radical (unpaired) electrons. The largest absolute Gasteiger partial charge is 0.394 e. The lowest BCUT2D eigenvalue weighted by atomic mass is 9.92. The van der Waals surface area contributed by atoms with Crippen LogP contribution >= 0.6 is 0 Å². The van der Waals surface area contributed by atoms with E-state index < -0.39 is 0 Å². The molecule has 3 rings (SSSR count). The summed E-state index contributed by atoms with van der Waals surface area (Å²) in [6.45, 7) is 6.61. The number of hydrogen-bond donors (Lipinski definition) is 2. The maximum atomic E-state index is 9.77. The molecule has 2 aromatic heterocycles. The highest BCUT2D eigenvalue weighted by Crippen LogP contribution is 2.34. The van der Waals surface area contributed by atoms with Gasteiger partial charge < -0.3 is 10.4 Å². The summed E-state index contributed by atoms with van der Waals surface area (Å²) in [7, 11) is 0. The highest BCUT2D eigenvalue weighted by molar-refractivity contribution is 5.69. The van der Waals surface area contributed by atoms with Crippen LogP contribution in [0.5, 0.6) is 0 Å². The van der Waals surface area contributed by atoms with E-state index in [1.807, 2.05) is 10.7 Å². The fraction of sp³-hybridized carbons (Fsp3) is 0.625. The van der Waals surface area contributed by atoms with E-state index in [1.54, 1.807) is 6.20 Å². The topological polar surface area (TPSA) is 62.5 Å².